The number of benzene rings is 1. The van der Waals surface area contributed by atoms with Crippen LogP contribution in [0.15, 0.2) is 30.4 Å². The van der Waals surface area contributed by atoms with E-state index in [1.54, 1.807) is 18.2 Å². The molecule has 1 heterocycles. The fourth-order valence-corrected chi connectivity index (χ4v) is 5.07. The average molecular weight is 408 g/mol. The molecular weight excluding hydrogens is 381 g/mol. The second-order valence-electron chi connectivity index (χ2n) is 8.07. The summed E-state index contributed by atoms with van der Waals surface area (Å²) in [4.78, 5) is 17.5. The second-order valence-corrected chi connectivity index (χ2v) is 8.85. The zero-order valence-electron chi connectivity index (χ0n) is 15.5. The van der Waals surface area contributed by atoms with Crippen LogP contribution in [0.25, 0.3) is 0 Å². The standard InChI is InChI=1S/C21H27Cl2N3O/c22-18-4-3-5-19(20(18)23)24-21(27)26(11-10-25-8-1-2-9-25)14-17-13-15-6-7-16(17)12-15/h3-7,15-17H,1-2,8-14H2,(H,24,27). The summed E-state index contributed by atoms with van der Waals surface area (Å²) in [6.45, 7) is 4.79. The van der Waals surface area contributed by atoms with Crippen LogP contribution >= 0.6 is 23.2 Å². The number of fused-ring (bicyclic) bond motifs is 2. The third-order valence-electron chi connectivity index (χ3n) is 6.24. The van der Waals surface area contributed by atoms with E-state index in [2.05, 4.69) is 22.4 Å². The molecule has 2 amide bonds. The van der Waals surface area contributed by atoms with Gasteiger partial charge in [-0.25, -0.2) is 4.79 Å². The Morgan fingerprint density at radius 3 is 2.70 bits per heavy atom. The molecule has 1 aliphatic heterocycles. The van der Waals surface area contributed by atoms with Crippen LogP contribution in [0.5, 0.6) is 0 Å². The number of halogens is 2. The SMILES string of the molecule is O=C(Nc1cccc(Cl)c1Cl)N(CCN1CCCC1)CC1CC2C=CC1C2. The zero-order valence-corrected chi connectivity index (χ0v) is 17.1. The number of amides is 2. The van der Waals surface area contributed by atoms with Gasteiger partial charge < -0.3 is 15.1 Å². The highest BCUT2D eigenvalue weighted by Gasteiger charge is 2.37. The summed E-state index contributed by atoms with van der Waals surface area (Å²) in [6, 6.07) is 5.25. The number of nitrogens with zero attached hydrogens (tertiary/aromatic N) is 2. The maximum Gasteiger partial charge on any atom is 0.321 e. The number of carbonyl (C=O) groups excluding carboxylic acids is 1. The van der Waals surface area contributed by atoms with Crippen LogP contribution in [0.3, 0.4) is 0 Å². The van der Waals surface area contributed by atoms with E-state index in [0.29, 0.717) is 33.5 Å². The third kappa shape index (κ3) is 4.44. The van der Waals surface area contributed by atoms with Gasteiger partial charge in [0, 0.05) is 19.6 Å². The molecule has 6 heteroatoms. The predicted molar refractivity (Wildman–Crippen MR) is 112 cm³/mol. The van der Waals surface area contributed by atoms with Crippen molar-refractivity contribution in [2.45, 2.75) is 25.7 Å². The molecule has 2 fully saturated rings. The van der Waals surface area contributed by atoms with Crippen molar-refractivity contribution >= 4 is 34.9 Å². The average Bonchev–Trinajstić information content (AvgIpc) is 3.40. The van der Waals surface area contributed by atoms with E-state index < -0.39 is 0 Å². The zero-order chi connectivity index (χ0) is 18.8. The molecule has 3 atom stereocenters. The van der Waals surface area contributed by atoms with Gasteiger partial charge in [-0.3, -0.25) is 0 Å². The van der Waals surface area contributed by atoms with Gasteiger partial charge >= 0.3 is 6.03 Å². The molecule has 1 aromatic carbocycles. The first-order chi connectivity index (χ1) is 13.1. The molecule has 1 aromatic rings. The van der Waals surface area contributed by atoms with Crippen LogP contribution in [-0.4, -0.2) is 48.6 Å². The molecule has 0 spiro atoms. The first-order valence-corrected chi connectivity index (χ1v) is 10.8. The van der Waals surface area contributed by atoms with Crippen LogP contribution in [0.1, 0.15) is 25.7 Å². The summed E-state index contributed by atoms with van der Waals surface area (Å²) in [5.74, 6) is 1.91. The minimum absolute atomic E-state index is 0.0786. The van der Waals surface area contributed by atoms with Crippen molar-refractivity contribution in [2.75, 3.05) is 38.0 Å². The van der Waals surface area contributed by atoms with Gasteiger partial charge in [0.25, 0.3) is 0 Å². The first kappa shape index (κ1) is 19.1. The number of anilines is 1. The van der Waals surface area contributed by atoms with Crippen molar-refractivity contribution in [2.24, 2.45) is 17.8 Å². The summed E-state index contributed by atoms with van der Waals surface area (Å²) in [5, 5.41) is 3.83. The Balaban J connectivity index is 1.43. The van der Waals surface area contributed by atoms with Crippen molar-refractivity contribution in [3.8, 4) is 0 Å². The monoisotopic (exact) mass is 407 g/mol. The quantitative estimate of drug-likeness (QED) is 0.662. The highest BCUT2D eigenvalue weighted by Crippen LogP contribution is 2.43. The Hall–Kier alpha value is -1.23. The summed E-state index contributed by atoms with van der Waals surface area (Å²) < 4.78 is 0. The van der Waals surface area contributed by atoms with E-state index in [0.717, 1.165) is 32.7 Å². The van der Waals surface area contributed by atoms with Gasteiger partial charge in [-0.05, 0) is 68.7 Å². The molecule has 3 unspecified atom stereocenters. The van der Waals surface area contributed by atoms with Gasteiger partial charge in [0.2, 0.25) is 0 Å². The van der Waals surface area contributed by atoms with Crippen LogP contribution in [-0.2, 0) is 0 Å². The number of hydrogen-bond donors (Lipinski definition) is 1. The molecule has 1 saturated heterocycles. The number of urea groups is 1. The second kappa shape index (κ2) is 8.42. The largest absolute Gasteiger partial charge is 0.323 e. The molecule has 0 radical (unpaired) electrons. The molecule has 0 aromatic heterocycles. The summed E-state index contributed by atoms with van der Waals surface area (Å²) in [5.41, 5.74) is 0.577. The molecule has 146 valence electrons. The number of likely N-dealkylation sites (tertiary alicyclic amines) is 1. The van der Waals surface area contributed by atoms with Gasteiger partial charge in [0.1, 0.15) is 0 Å². The van der Waals surface area contributed by atoms with Crippen molar-refractivity contribution < 1.29 is 4.79 Å². The molecule has 2 aliphatic carbocycles. The van der Waals surface area contributed by atoms with Crippen molar-refractivity contribution in [1.82, 2.24) is 9.80 Å². The number of nitrogens with one attached hydrogen (secondary N) is 1. The normalized spacial score (nSPS) is 26.7. The van der Waals surface area contributed by atoms with Gasteiger partial charge in [0.15, 0.2) is 0 Å². The Morgan fingerprint density at radius 1 is 1.19 bits per heavy atom. The lowest BCUT2D eigenvalue weighted by molar-refractivity contribution is 0.184. The molecule has 4 nitrogen and oxygen atoms in total. The number of allylic oxidation sites excluding steroid dienone is 2. The molecule has 1 saturated carbocycles. The highest BCUT2D eigenvalue weighted by molar-refractivity contribution is 6.43. The lowest BCUT2D eigenvalue weighted by Crippen LogP contribution is -2.43. The Labute approximate surface area is 171 Å². The van der Waals surface area contributed by atoms with Crippen LogP contribution in [0.2, 0.25) is 10.0 Å². The van der Waals surface area contributed by atoms with Gasteiger partial charge in [-0.15, -0.1) is 0 Å². The van der Waals surface area contributed by atoms with Crippen LogP contribution < -0.4 is 5.32 Å². The minimum atomic E-state index is -0.0786. The maximum absolute atomic E-state index is 13.1. The molecule has 4 rings (SSSR count). The van der Waals surface area contributed by atoms with Crippen LogP contribution in [0, 0.1) is 17.8 Å². The first-order valence-electron chi connectivity index (χ1n) is 10.0. The van der Waals surface area contributed by atoms with Crippen molar-refractivity contribution in [1.29, 1.82) is 0 Å². The Kier molecular flexibility index (Phi) is 5.96. The third-order valence-corrected chi connectivity index (χ3v) is 7.06. The van der Waals surface area contributed by atoms with E-state index in [9.17, 15) is 4.79 Å². The lowest BCUT2D eigenvalue weighted by atomic mass is 9.93. The lowest BCUT2D eigenvalue weighted by Gasteiger charge is -2.30. The van der Waals surface area contributed by atoms with Crippen molar-refractivity contribution in [3.05, 3.63) is 40.4 Å². The fraction of sp³-hybridized carbons (Fsp3) is 0.571. The van der Waals surface area contributed by atoms with E-state index in [4.69, 9.17) is 23.2 Å². The van der Waals surface area contributed by atoms with E-state index in [1.165, 1.54) is 25.7 Å². The molecule has 1 N–H and O–H groups in total. The Bertz CT molecular complexity index is 717. The predicted octanol–water partition coefficient (Wildman–Crippen LogP) is 5.14. The van der Waals surface area contributed by atoms with Crippen LogP contribution in [0.4, 0.5) is 10.5 Å². The summed E-state index contributed by atoms with van der Waals surface area (Å²) >= 11 is 12.4. The Morgan fingerprint density at radius 2 is 2.00 bits per heavy atom. The number of rotatable bonds is 6. The summed E-state index contributed by atoms with van der Waals surface area (Å²) in [7, 11) is 0. The van der Waals surface area contributed by atoms with E-state index in [1.807, 2.05) is 4.90 Å². The van der Waals surface area contributed by atoms with E-state index >= 15 is 0 Å². The maximum atomic E-state index is 13.1. The molecule has 3 aliphatic rings. The highest BCUT2D eigenvalue weighted by atomic mass is 35.5. The molecular formula is C21H27Cl2N3O. The molecule has 2 bridgehead atoms. The van der Waals surface area contributed by atoms with E-state index in [-0.39, 0.29) is 6.03 Å². The summed E-state index contributed by atoms with van der Waals surface area (Å²) in [6.07, 6.45) is 9.69. The number of hydrogen-bond acceptors (Lipinski definition) is 2. The smallest absolute Gasteiger partial charge is 0.321 e. The number of carbonyl (C=O) groups is 1. The van der Waals surface area contributed by atoms with Gasteiger partial charge in [-0.1, -0.05) is 41.4 Å². The fourth-order valence-electron chi connectivity index (χ4n) is 4.73. The van der Waals surface area contributed by atoms with Crippen molar-refractivity contribution in [3.63, 3.8) is 0 Å². The topological polar surface area (TPSA) is 35.6 Å². The van der Waals surface area contributed by atoms with Gasteiger partial charge in [-0.2, -0.15) is 0 Å². The van der Waals surface area contributed by atoms with Gasteiger partial charge in [0.05, 0.1) is 15.7 Å². The minimum Gasteiger partial charge on any atom is -0.323 e. The molecule has 27 heavy (non-hydrogen) atoms.